The van der Waals surface area contributed by atoms with E-state index in [2.05, 4.69) is 16.9 Å². The van der Waals surface area contributed by atoms with E-state index in [1.807, 2.05) is 12.1 Å². The number of rotatable bonds is 5. The lowest BCUT2D eigenvalue weighted by atomic mass is 10.1. The van der Waals surface area contributed by atoms with Gasteiger partial charge >= 0.3 is 0 Å². The first kappa shape index (κ1) is 20.1. The third kappa shape index (κ3) is 3.93. The van der Waals surface area contributed by atoms with E-state index in [0.717, 1.165) is 25.0 Å². The Morgan fingerprint density at radius 1 is 1.00 bits per heavy atom. The largest absolute Gasteiger partial charge is 0.335 e. The van der Waals surface area contributed by atoms with Crippen LogP contribution >= 0.6 is 0 Å². The molecule has 4 rings (SSSR count). The van der Waals surface area contributed by atoms with Crippen molar-refractivity contribution in [2.75, 3.05) is 11.8 Å². The van der Waals surface area contributed by atoms with Gasteiger partial charge in [-0.05, 0) is 72.5 Å². The number of carbonyl (C=O) groups excluding carboxylic acids is 1. The second-order valence-electron chi connectivity index (χ2n) is 7.31. The van der Waals surface area contributed by atoms with E-state index in [1.165, 1.54) is 23.3 Å². The maximum atomic E-state index is 13.0. The van der Waals surface area contributed by atoms with E-state index in [-0.39, 0.29) is 16.8 Å². The van der Waals surface area contributed by atoms with Gasteiger partial charge in [-0.1, -0.05) is 24.3 Å². The van der Waals surface area contributed by atoms with Crippen LogP contribution in [0.1, 0.15) is 33.9 Å². The molecule has 7 heteroatoms. The summed E-state index contributed by atoms with van der Waals surface area (Å²) in [5.74, 6) is -0.629. The summed E-state index contributed by atoms with van der Waals surface area (Å²) in [6.07, 6.45) is 1.83. The fourth-order valence-corrected chi connectivity index (χ4v) is 4.85. The minimum absolute atomic E-state index is 0.0327. The standard InChI is InChI=1S/C23H21FN2O3S/c1-26(22-15-8-16-4-2-3-5-21(16)22)23(27)17-6-11-19(12-7-17)25-30(28,29)20-13-9-18(24)10-14-20/h2-7,9-14,22,25H,8,15H2,1H3. The molecule has 0 fully saturated rings. The van der Waals surface area contributed by atoms with Crippen LogP contribution in [0.2, 0.25) is 0 Å². The predicted octanol–water partition coefficient (Wildman–Crippen LogP) is 4.39. The van der Waals surface area contributed by atoms with Crippen LogP contribution in [0.5, 0.6) is 0 Å². The van der Waals surface area contributed by atoms with Gasteiger partial charge in [0.1, 0.15) is 5.82 Å². The molecule has 0 aromatic heterocycles. The van der Waals surface area contributed by atoms with Crippen molar-refractivity contribution in [1.29, 1.82) is 0 Å². The number of anilines is 1. The molecule has 1 unspecified atom stereocenters. The first-order chi connectivity index (χ1) is 14.3. The fourth-order valence-electron chi connectivity index (χ4n) is 3.79. The first-order valence-corrected chi connectivity index (χ1v) is 11.1. The molecule has 0 heterocycles. The Morgan fingerprint density at radius 3 is 2.37 bits per heavy atom. The highest BCUT2D eigenvalue weighted by molar-refractivity contribution is 7.92. The molecule has 1 aliphatic carbocycles. The minimum atomic E-state index is -3.84. The van der Waals surface area contributed by atoms with E-state index < -0.39 is 15.8 Å². The van der Waals surface area contributed by atoms with Gasteiger partial charge in [-0.3, -0.25) is 9.52 Å². The van der Waals surface area contributed by atoms with E-state index in [4.69, 9.17) is 0 Å². The second-order valence-corrected chi connectivity index (χ2v) is 8.99. The predicted molar refractivity (Wildman–Crippen MR) is 113 cm³/mol. The zero-order valence-electron chi connectivity index (χ0n) is 16.4. The molecule has 0 saturated heterocycles. The van der Waals surface area contributed by atoms with Crippen molar-refractivity contribution in [3.05, 3.63) is 95.3 Å². The number of aryl methyl sites for hydroxylation is 1. The molecule has 30 heavy (non-hydrogen) atoms. The van der Waals surface area contributed by atoms with Gasteiger partial charge in [0, 0.05) is 18.3 Å². The Morgan fingerprint density at radius 2 is 1.67 bits per heavy atom. The van der Waals surface area contributed by atoms with Gasteiger partial charge in [0.25, 0.3) is 15.9 Å². The lowest BCUT2D eigenvalue weighted by Crippen LogP contribution is -2.30. The number of nitrogens with zero attached hydrogens (tertiary/aromatic N) is 1. The molecular weight excluding hydrogens is 403 g/mol. The number of nitrogens with one attached hydrogen (secondary N) is 1. The summed E-state index contributed by atoms with van der Waals surface area (Å²) in [6.45, 7) is 0. The highest BCUT2D eigenvalue weighted by Crippen LogP contribution is 2.35. The van der Waals surface area contributed by atoms with Gasteiger partial charge in [0.2, 0.25) is 0 Å². The Hall–Kier alpha value is -3.19. The summed E-state index contributed by atoms with van der Waals surface area (Å²) < 4.78 is 40.3. The average Bonchev–Trinajstić information content (AvgIpc) is 3.17. The number of fused-ring (bicyclic) bond motifs is 1. The molecule has 0 aliphatic heterocycles. The van der Waals surface area contributed by atoms with Gasteiger partial charge in [-0.25, -0.2) is 12.8 Å². The van der Waals surface area contributed by atoms with Crippen molar-refractivity contribution in [3.8, 4) is 0 Å². The zero-order chi connectivity index (χ0) is 21.3. The Kier molecular flexibility index (Phi) is 5.30. The minimum Gasteiger partial charge on any atom is -0.335 e. The molecule has 3 aromatic carbocycles. The molecule has 1 atom stereocenters. The van der Waals surface area contributed by atoms with E-state index in [0.29, 0.717) is 11.3 Å². The van der Waals surface area contributed by atoms with Crippen LogP contribution in [0.15, 0.2) is 77.7 Å². The number of halogens is 1. The Bertz CT molecular complexity index is 1180. The highest BCUT2D eigenvalue weighted by Gasteiger charge is 2.28. The number of sulfonamides is 1. The van der Waals surface area contributed by atoms with Gasteiger partial charge in [-0.15, -0.1) is 0 Å². The molecule has 0 bridgehead atoms. The van der Waals surface area contributed by atoms with E-state index in [1.54, 1.807) is 36.2 Å². The smallest absolute Gasteiger partial charge is 0.261 e. The molecule has 0 saturated carbocycles. The van der Waals surface area contributed by atoms with Crippen LogP contribution in [0.4, 0.5) is 10.1 Å². The van der Waals surface area contributed by atoms with Crippen molar-refractivity contribution in [2.24, 2.45) is 0 Å². The first-order valence-electron chi connectivity index (χ1n) is 9.58. The molecule has 3 aromatic rings. The Balaban J connectivity index is 1.48. The molecule has 1 amide bonds. The Labute approximate surface area is 175 Å². The zero-order valence-corrected chi connectivity index (χ0v) is 17.2. The number of benzene rings is 3. The summed E-state index contributed by atoms with van der Waals surface area (Å²) in [5, 5.41) is 0. The molecule has 0 spiro atoms. The summed E-state index contributed by atoms with van der Waals surface area (Å²) in [6, 6.07) is 19.0. The number of amides is 1. The van der Waals surface area contributed by atoms with Crippen molar-refractivity contribution < 1.29 is 17.6 Å². The van der Waals surface area contributed by atoms with Gasteiger partial charge in [0.05, 0.1) is 10.9 Å². The van der Waals surface area contributed by atoms with E-state index in [9.17, 15) is 17.6 Å². The third-order valence-electron chi connectivity index (χ3n) is 5.40. The molecular formula is C23H21FN2O3S. The average molecular weight is 424 g/mol. The van der Waals surface area contributed by atoms with Crippen molar-refractivity contribution in [3.63, 3.8) is 0 Å². The van der Waals surface area contributed by atoms with Crippen molar-refractivity contribution in [1.82, 2.24) is 4.90 Å². The summed E-state index contributed by atoms with van der Waals surface area (Å²) in [5.41, 5.74) is 3.25. The summed E-state index contributed by atoms with van der Waals surface area (Å²) in [7, 11) is -2.05. The second kappa shape index (κ2) is 7.91. The van der Waals surface area contributed by atoms with Crippen LogP contribution in [-0.2, 0) is 16.4 Å². The van der Waals surface area contributed by atoms with Gasteiger partial charge in [-0.2, -0.15) is 0 Å². The van der Waals surface area contributed by atoms with Crippen LogP contribution in [0.25, 0.3) is 0 Å². The lowest BCUT2D eigenvalue weighted by Gasteiger charge is -2.25. The molecule has 1 N–H and O–H groups in total. The molecule has 154 valence electrons. The number of hydrogen-bond donors (Lipinski definition) is 1. The lowest BCUT2D eigenvalue weighted by molar-refractivity contribution is 0.0730. The van der Waals surface area contributed by atoms with Crippen molar-refractivity contribution in [2.45, 2.75) is 23.8 Å². The quantitative estimate of drug-likeness (QED) is 0.661. The normalized spacial score (nSPS) is 15.5. The van der Waals surface area contributed by atoms with Crippen LogP contribution < -0.4 is 4.72 Å². The number of hydrogen-bond acceptors (Lipinski definition) is 3. The molecule has 0 radical (unpaired) electrons. The highest BCUT2D eigenvalue weighted by atomic mass is 32.2. The topological polar surface area (TPSA) is 66.5 Å². The molecule has 5 nitrogen and oxygen atoms in total. The fraction of sp³-hybridized carbons (Fsp3) is 0.174. The maximum absolute atomic E-state index is 13.0. The maximum Gasteiger partial charge on any atom is 0.261 e. The number of carbonyl (C=O) groups is 1. The molecule has 1 aliphatic rings. The van der Waals surface area contributed by atoms with Crippen LogP contribution in [-0.4, -0.2) is 26.3 Å². The van der Waals surface area contributed by atoms with Crippen LogP contribution in [0.3, 0.4) is 0 Å². The van der Waals surface area contributed by atoms with E-state index >= 15 is 0 Å². The SMILES string of the molecule is CN(C(=O)c1ccc(NS(=O)(=O)c2ccc(F)cc2)cc1)C1CCc2ccccc21. The summed E-state index contributed by atoms with van der Waals surface area (Å²) in [4.78, 5) is 14.6. The monoisotopic (exact) mass is 424 g/mol. The summed E-state index contributed by atoms with van der Waals surface area (Å²) >= 11 is 0. The van der Waals surface area contributed by atoms with Gasteiger partial charge < -0.3 is 4.90 Å². The van der Waals surface area contributed by atoms with Crippen molar-refractivity contribution >= 4 is 21.6 Å². The third-order valence-corrected chi connectivity index (χ3v) is 6.79. The van der Waals surface area contributed by atoms with Crippen LogP contribution in [0, 0.1) is 5.82 Å². The van der Waals surface area contributed by atoms with Gasteiger partial charge in [0.15, 0.2) is 0 Å².